The van der Waals surface area contributed by atoms with Crippen molar-refractivity contribution in [2.75, 3.05) is 27.2 Å². The number of benzene rings is 1. The monoisotopic (exact) mass is 295 g/mol. The molecule has 1 aliphatic rings. The normalized spacial score (nSPS) is 17.6. The molecule has 110 valence electrons. The molecule has 5 heteroatoms. The molecule has 2 N–H and O–H groups in total. The number of hydrogen-bond donors (Lipinski definition) is 1. The molecule has 1 saturated heterocycles. The summed E-state index contributed by atoms with van der Waals surface area (Å²) in [4.78, 5) is 4.94. The molecule has 0 radical (unpaired) electrons. The third kappa shape index (κ3) is 3.75. The summed E-state index contributed by atoms with van der Waals surface area (Å²) in [5.41, 5.74) is 7.37. The highest BCUT2D eigenvalue weighted by Gasteiger charge is 2.21. The van der Waals surface area contributed by atoms with E-state index in [1.807, 2.05) is 0 Å². The first-order valence-corrected chi connectivity index (χ1v) is 7.35. The van der Waals surface area contributed by atoms with Crippen LogP contribution in [0.2, 0.25) is 0 Å². The highest BCUT2D eigenvalue weighted by Crippen LogP contribution is 2.19. The van der Waals surface area contributed by atoms with Gasteiger partial charge in [0.15, 0.2) is 0 Å². The van der Waals surface area contributed by atoms with Gasteiger partial charge in [-0.25, -0.2) is 4.39 Å². The minimum atomic E-state index is -0.289. The number of thiocarbonyl (C=S) groups is 1. The average molecular weight is 295 g/mol. The van der Waals surface area contributed by atoms with Crippen molar-refractivity contribution in [2.24, 2.45) is 5.73 Å². The lowest BCUT2D eigenvalue weighted by Gasteiger charge is -2.35. The van der Waals surface area contributed by atoms with E-state index in [0.29, 0.717) is 11.6 Å². The summed E-state index contributed by atoms with van der Waals surface area (Å²) in [6.07, 6.45) is 2.33. The van der Waals surface area contributed by atoms with E-state index < -0.39 is 0 Å². The summed E-state index contributed by atoms with van der Waals surface area (Å²) in [6, 6.07) is 5.37. The van der Waals surface area contributed by atoms with Crippen molar-refractivity contribution in [1.82, 2.24) is 9.80 Å². The molecule has 0 saturated carbocycles. The zero-order valence-electron chi connectivity index (χ0n) is 12.1. The van der Waals surface area contributed by atoms with Crippen molar-refractivity contribution >= 4 is 17.2 Å². The second kappa shape index (κ2) is 6.61. The maximum absolute atomic E-state index is 13.3. The lowest BCUT2D eigenvalue weighted by Crippen LogP contribution is -2.41. The summed E-state index contributed by atoms with van der Waals surface area (Å²) in [5.74, 6) is -0.289. The number of halogens is 1. The third-order valence-electron chi connectivity index (χ3n) is 4.02. The zero-order chi connectivity index (χ0) is 14.7. The largest absolute Gasteiger partial charge is 0.389 e. The first-order chi connectivity index (χ1) is 9.47. The third-order valence-corrected chi connectivity index (χ3v) is 4.24. The van der Waals surface area contributed by atoms with Crippen LogP contribution in [0.3, 0.4) is 0 Å². The van der Waals surface area contributed by atoms with Gasteiger partial charge in [-0.2, -0.15) is 0 Å². The number of nitrogens with zero attached hydrogens (tertiary/aromatic N) is 2. The van der Waals surface area contributed by atoms with Crippen LogP contribution in [0.4, 0.5) is 4.39 Å². The smallest absolute Gasteiger partial charge is 0.123 e. The van der Waals surface area contributed by atoms with E-state index in [1.165, 1.54) is 12.1 Å². The van der Waals surface area contributed by atoms with Crippen molar-refractivity contribution in [3.63, 3.8) is 0 Å². The number of likely N-dealkylation sites (tertiary alicyclic amines) is 1. The molecule has 1 heterocycles. The minimum Gasteiger partial charge on any atom is -0.389 e. The number of rotatable bonds is 4. The minimum absolute atomic E-state index is 0.266. The van der Waals surface area contributed by atoms with Crippen LogP contribution in [-0.2, 0) is 6.54 Å². The molecule has 0 spiro atoms. The van der Waals surface area contributed by atoms with Crippen molar-refractivity contribution in [1.29, 1.82) is 0 Å². The Morgan fingerprint density at radius 2 is 2.05 bits per heavy atom. The van der Waals surface area contributed by atoms with Gasteiger partial charge < -0.3 is 10.6 Å². The molecule has 20 heavy (non-hydrogen) atoms. The quantitative estimate of drug-likeness (QED) is 0.861. The van der Waals surface area contributed by atoms with Gasteiger partial charge in [0, 0.05) is 18.2 Å². The molecular weight excluding hydrogens is 273 g/mol. The molecule has 1 aliphatic heterocycles. The Morgan fingerprint density at radius 3 is 2.60 bits per heavy atom. The van der Waals surface area contributed by atoms with E-state index in [1.54, 1.807) is 6.07 Å². The van der Waals surface area contributed by atoms with E-state index in [-0.39, 0.29) is 10.8 Å². The van der Waals surface area contributed by atoms with Crippen LogP contribution in [0.1, 0.15) is 24.0 Å². The standard InChI is InChI=1S/C15H22FN3S/c1-18(2)13-5-7-19(8-6-13)10-11-3-4-12(16)9-14(11)15(17)20/h3-4,9,13H,5-8,10H2,1-2H3,(H2,17,20). The van der Waals surface area contributed by atoms with Crippen molar-refractivity contribution in [3.05, 3.63) is 35.1 Å². The average Bonchev–Trinajstić information content (AvgIpc) is 2.41. The molecule has 1 fully saturated rings. The van der Waals surface area contributed by atoms with Crippen LogP contribution < -0.4 is 5.73 Å². The van der Waals surface area contributed by atoms with Crippen molar-refractivity contribution < 1.29 is 4.39 Å². The van der Waals surface area contributed by atoms with E-state index in [9.17, 15) is 4.39 Å². The van der Waals surface area contributed by atoms with Crippen molar-refractivity contribution in [2.45, 2.75) is 25.4 Å². The second-order valence-electron chi connectivity index (χ2n) is 5.64. The summed E-state index contributed by atoms with van der Waals surface area (Å²) in [5, 5.41) is 0. The molecule has 2 rings (SSSR count). The molecule has 0 bridgehead atoms. The molecular formula is C15H22FN3S. The summed E-state index contributed by atoms with van der Waals surface area (Å²) >= 11 is 5.02. The van der Waals surface area contributed by atoms with Crippen LogP contribution >= 0.6 is 12.2 Å². The van der Waals surface area contributed by atoms with Gasteiger partial charge in [-0.1, -0.05) is 18.3 Å². The SMILES string of the molecule is CN(C)C1CCN(Cc2ccc(F)cc2C(N)=S)CC1. The molecule has 1 aromatic rings. The first kappa shape index (κ1) is 15.4. The first-order valence-electron chi connectivity index (χ1n) is 6.94. The van der Waals surface area contributed by atoms with Crippen LogP contribution in [0, 0.1) is 5.82 Å². The Morgan fingerprint density at radius 1 is 1.40 bits per heavy atom. The number of nitrogens with two attached hydrogens (primary N) is 1. The van der Waals surface area contributed by atoms with Gasteiger partial charge in [-0.15, -0.1) is 0 Å². The Balaban J connectivity index is 2.03. The van der Waals surface area contributed by atoms with Crippen LogP contribution in [0.15, 0.2) is 18.2 Å². The van der Waals surface area contributed by atoms with E-state index in [2.05, 4.69) is 23.9 Å². The Bertz CT molecular complexity index is 482. The Labute approximate surface area is 125 Å². The summed E-state index contributed by atoms with van der Waals surface area (Å²) < 4.78 is 13.3. The fourth-order valence-electron chi connectivity index (χ4n) is 2.75. The predicted molar refractivity (Wildman–Crippen MR) is 84.3 cm³/mol. The topological polar surface area (TPSA) is 32.5 Å². The molecule has 0 unspecified atom stereocenters. The Hall–Kier alpha value is -1.04. The summed E-state index contributed by atoms with van der Waals surface area (Å²) in [7, 11) is 4.26. The lowest BCUT2D eigenvalue weighted by molar-refractivity contribution is 0.140. The highest BCUT2D eigenvalue weighted by molar-refractivity contribution is 7.80. The molecule has 0 atom stereocenters. The molecule has 0 aromatic heterocycles. The predicted octanol–water partition coefficient (Wildman–Crippen LogP) is 1.99. The maximum atomic E-state index is 13.3. The fraction of sp³-hybridized carbons (Fsp3) is 0.533. The van der Waals surface area contributed by atoms with Crippen LogP contribution in [0.5, 0.6) is 0 Å². The van der Waals surface area contributed by atoms with E-state index in [4.69, 9.17) is 18.0 Å². The fourth-order valence-corrected chi connectivity index (χ4v) is 2.94. The summed E-state index contributed by atoms with van der Waals surface area (Å²) in [6.45, 7) is 2.89. The maximum Gasteiger partial charge on any atom is 0.123 e. The van der Waals surface area contributed by atoms with Gasteiger partial charge in [-0.3, -0.25) is 4.90 Å². The molecule has 3 nitrogen and oxygen atoms in total. The van der Waals surface area contributed by atoms with Gasteiger partial charge in [-0.05, 0) is 57.7 Å². The Kier molecular flexibility index (Phi) is 5.07. The van der Waals surface area contributed by atoms with Gasteiger partial charge in [0.25, 0.3) is 0 Å². The molecule has 0 amide bonds. The van der Waals surface area contributed by atoms with Crippen LogP contribution in [0.25, 0.3) is 0 Å². The highest BCUT2D eigenvalue weighted by atomic mass is 32.1. The van der Waals surface area contributed by atoms with Crippen molar-refractivity contribution in [3.8, 4) is 0 Å². The van der Waals surface area contributed by atoms with E-state index >= 15 is 0 Å². The van der Waals surface area contributed by atoms with Crippen LogP contribution in [-0.4, -0.2) is 48.0 Å². The van der Waals surface area contributed by atoms with Gasteiger partial charge >= 0.3 is 0 Å². The molecule has 0 aliphatic carbocycles. The second-order valence-corrected chi connectivity index (χ2v) is 6.08. The zero-order valence-corrected chi connectivity index (χ0v) is 12.9. The molecule has 1 aromatic carbocycles. The lowest BCUT2D eigenvalue weighted by atomic mass is 10.0. The van der Waals surface area contributed by atoms with Gasteiger partial charge in [0.05, 0.1) is 0 Å². The van der Waals surface area contributed by atoms with Gasteiger partial charge in [0.1, 0.15) is 10.8 Å². The number of hydrogen-bond acceptors (Lipinski definition) is 3. The van der Waals surface area contributed by atoms with E-state index in [0.717, 1.165) is 38.0 Å². The number of piperidine rings is 1. The van der Waals surface area contributed by atoms with Gasteiger partial charge in [0.2, 0.25) is 0 Å².